The zero-order chi connectivity index (χ0) is 24.6. The SMILES string of the molecule is CC(C)(C)OC(=O)N[C@@H](CCCN=C(N)N)C(=O)N[C@@H](Cc1c[nH]c2ccccc12)C(=O)O.Cl. The second-order valence-corrected chi connectivity index (χ2v) is 8.61. The number of aliphatic carboxylic acids is 1. The maximum atomic E-state index is 12.9. The molecule has 0 aliphatic heterocycles. The fourth-order valence-corrected chi connectivity index (χ4v) is 3.21. The first-order valence-electron chi connectivity index (χ1n) is 10.6. The number of benzene rings is 1. The Labute approximate surface area is 204 Å². The van der Waals surface area contributed by atoms with Crippen molar-refractivity contribution in [3.05, 3.63) is 36.0 Å². The highest BCUT2D eigenvalue weighted by Crippen LogP contribution is 2.19. The van der Waals surface area contributed by atoms with Gasteiger partial charge in [-0.1, -0.05) is 18.2 Å². The van der Waals surface area contributed by atoms with E-state index in [1.165, 1.54) is 0 Å². The molecule has 1 heterocycles. The van der Waals surface area contributed by atoms with Gasteiger partial charge in [-0.05, 0) is 45.2 Å². The van der Waals surface area contributed by atoms with Crippen molar-refractivity contribution in [3.8, 4) is 0 Å². The van der Waals surface area contributed by atoms with Crippen LogP contribution in [-0.4, -0.2) is 58.2 Å². The number of aliphatic imine (C=N–C) groups is 1. The number of aromatic amines is 1. The van der Waals surface area contributed by atoms with Gasteiger partial charge in [0.1, 0.15) is 17.7 Å². The van der Waals surface area contributed by atoms with Gasteiger partial charge in [0.05, 0.1) is 0 Å². The molecule has 0 saturated carbocycles. The molecule has 0 aliphatic carbocycles. The van der Waals surface area contributed by atoms with Crippen LogP contribution in [0.4, 0.5) is 4.79 Å². The second kappa shape index (κ2) is 12.7. The predicted octanol–water partition coefficient (Wildman–Crippen LogP) is 1.65. The lowest BCUT2D eigenvalue weighted by molar-refractivity contribution is -0.142. The van der Waals surface area contributed by atoms with Crippen LogP contribution < -0.4 is 22.1 Å². The predicted molar refractivity (Wildman–Crippen MR) is 132 cm³/mol. The number of ether oxygens (including phenoxy) is 1. The van der Waals surface area contributed by atoms with Crippen LogP contribution in [-0.2, 0) is 20.7 Å². The Hall–Kier alpha value is -3.47. The van der Waals surface area contributed by atoms with Gasteiger partial charge in [-0.2, -0.15) is 0 Å². The number of para-hydroxylation sites is 1. The minimum absolute atomic E-state index is 0. The molecule has 11 nitrogen and oxygen atoms in total. The number of carbonyl (C=O) groups excluding carboxylic acids is 2. The lowest BCUT2D eigenvalue weighted by atomic mass is 10.0. The van der Waals surface area contributed by atoms with Gasteiger partial charge in [-0.3, -0.25) is 9.79 Å². The summed E-state index contributed by atoms with van der Waals surface area (Å²) in [6, 6.07) is 5.25. The molecule has 12 heteroatoms. The van der Waals surface area contributed by atoms with Crippen molar-refractivity contribution in [1.82, 2.24) is 15.6 Å². The van der Waals surface area contributed by atoms with Gasteiger partial charge in [0.15, 0.2) is 5.96 Å². The number of aromatic nitrogens is 1. The smallest absolute Gasteiger partial charge is 0.408 e. The number of nitrogens with one attached hydrogen (secondary N) is 3. The van der Waals surface area contributed by atoms with Crippen LogP contribution in [0.3, 0.4) is 0 Å². The number of hydrogen-bond acceptors (Lipinski definition) is 5. The van der Waals surface area contributed by atoms with Crippen LogP contribution in [0.1, 0.15) is 39.2 Å². The van der Waals surface area contributed by atoms with Gasteiger partial charge in [0.25, 0.3) is 0 Å². The summed E-state index contributed by atoms with van der Waals surface area (Å²) in [6.07, 6.45) is 1.57. The molecule has 0 fully saturated rings. The maximum Gasteiger partial charge on any atom is 0.408 e. The molecule has 8 N–H and O–H groups in total. The van der Waals surface area contributed by atoms with Crippen molar-refractivity contribution in [2.24, 2.45) is 16.5 Å². The molecule has 2 amide bonds. The number of H-pyrrole nitrogens is 1. The average molecular weight is 497 g/mol. The Morgan fingerprint density at radius 2 is 1.82 bits per heavy atom. The molecule has 0 saturated heterocycles. The van der Waals surface area contributed by atoms with Gasteiger partial charge in [-0.25, -0.2) is 9.59 Å². The monoisotopic (exact) mass is 496 g/mol. The number of hydrogen-bond donors (Lipinski definition) is 6. The topological polar surface area (TPSA) is 185 Å². The van der Waals surface area contributed by atoms with E-state index in [9.17, 15) is 19.5 Å². The van der Waals surface area contributed by atoms with Crippen LogP contribution in [0.15, 0.2) is 35.5 Å². The molecule has 0 unspecified atom stereocenters. The molecular formula is C22H33ClN6O5. The highest BCUT2D eigenvalue weighted by Gasteiger charge is 2.28. The molecule has 2 rings (SSSR count). The van der Waals surface area contributed by atoms with E-state index in [1.807, 2.05) is 24.3 Å². The quantitative estimate of drug-likeness (QED) is 0.164. The molecule has 0 spiro atoms. The Balaban J connectivity index is 0.00000578. The number of carbonyl (C=O) groups is 3. The Bertz CT molecular complexity index is 1010. The molecule has 0 bridgehead atoms. The van der Waals surface area contributed by atoms with Crippen molar-refractivity contribution < 1.29 is 24.2 Å². The Kier molecular flexibility index (Phi) is 10.7. The lowest BCUT2D eigenvalue weighted by Crippen LogP contribution is -2.53. The normalized spacial score (nSPS) is 12.7. The zero-order valence-corrected chi connectivity index (χ0v) is 20.3. The maximum absolute atomic E-state index is 12.9. The summed E-state index contributed by atoms with van der Waals surface area (Å²) in [7, 11) is 0. The van der Waals surface area contributed by atoms with E-state index >= 15 is 0 Å². The Morgan fingerprint density at radius 3 is 2.44 bits per heavy atom. The molecule has 34 heavy (non-hydrogen) atoms. The molecule has 2 atom stereocenters. The van der Waals surface area contributed by atoms with E-state index in [4.69, 9.17) is 16.2 Å². The van der Waals surface area contributed by atoms with Crippen molar-refractivity contribution in [2.45, 2.75) is 57.7 Å². The number of amides is 2. The van der Waals surface area contributed by atoms with E-state index in [-0.39, 0.29) is 37.8 Å². The first-order chi connectivity index (χ1) is 15.5. The fourth-order valence-electron chi connectivity index (χ4n) is 3.21. The van der Waals surface area contributed by atoms with Crippen molar-refractivity contribution in [1.29, 1.82) is 0 Å². The van der Waals surface area contributed by atoms with Crippen LogP contribution in [0.25, 0.3) is 10.9 Å². The van der Waals surface area contributed by atoms with Crippen LogP contribution in [0.5, 0.6) is 0 Å². The van der Waals surface area contributed by atoms with E-state index in [0.717, 1.165) is 16.5 Å². The number of nitrogens with two attached hydrogens (primary N) is 2. The van der Waals surface area contributed by atoms with Crippen LogP contribution in [0.2, 0.25) is 0 Å². The molecule has 0 radical (unpaired) electrons. The second-order valence-electron chi connectivity index (χ2n) is 8.61. The van der Waals surface area contributed by atoms with E-state index in [1.54, 1.807) is 27.0 Å². The van der Waals surface area contributed by atoms with Crippen molar-refractivity contribution in [3.63, 3.8) is 0 Å². The highest BCUT2D eigenvalue weighted by molar-refractivity contribution is 5.90. The summed E-state index contributed by atoms with van der Waals surface area (Å²) < 4.78 is 5.23. The molecule has 188 valence electrons. The minimum Gasteiger partial charge on any atom is -0.480 e. The summed E-state index contributed by atoms with van der Waals surface area (Å²) >= 11 is 0. The molecule has 0 aliphatic rings. The standard InChI is InChI=1S/C22H32N6O5.ClH/c1-22(2,3)33-21(32)28-16(9-6-10-25-20(23)24)18(29)27-17(19(30)31)11-13-12-26-15-8-5-4-7-14(13)15;/h4-5,7-8,12,16-17,26H,6,9-11H2,1-3H3,(H,27,29)(H,28,32)(H,30,31)(H4,23,24,25);1H/t16-,17-;/m0./s1. The largest absolute Gasteiger partial charge is 0.480 e. The summed E-state index contributed by atoms with van der Waals surface area (Å²) in [6.45, 7) is 5.34. The molecule has 1 aromatic carbocycles. The van der Waals surface area contributed by atoms with E-state index in [2.05, 4.69) is 20.6 Å². The number of carboxylic acids is 1. The fraction of sp³-hybridized carbons (Fsp3) is 0.455. The molecule has 2 aromatic rings. The zero-order valence-electron chi connectivity index (χ0n) is 19.5. The first-order valence-corrected chi connectivity index (χ1v) is 10.6. The summed E-state index contributed by atoms with van der Waals surface area (Å²) in [4.78, 5) is 44.0. The third-order valence-corrected chi connectivity index (χ3v) is 4.67. The number of rotatable bonds is 10. The van der Waals surface area contributed by atoms with Crippen LogP contribution >= 0.6 is 12.4 Å². The first kappa shape index (κ1) is 28.6. The summed E-state index contributed by atoms with van der Waals surface area (Å²) in [5, 5.41) is 15.6. The third-order valence-electron chi connectivity index (χ3n) is 4.67. The van der Waals surface area contributed by atoms with E-state index in [0.29, 0.717) is 6.42 Å². The number of alkyl carbamates (subject to hydrolysis) is 1. The van der Waals surface area contributed by atoms with Gasteiger partial charge in [0, 0.05) is 30.1 Å². The number of carboxylic acid groups (broad SMARTS) is 1. The van der Waals surface area contributed by atoms with Crippen LogP contribution in [0, 0.1) is 0 Å². The third kappa shape index (κ3) is 9.18. The van der Waals surface area contributed by atoms with Crippen molar-refractivity contribution in [2.75, 3.05) is 6.54 Å². The number of halogens is 1. The summed E-state index contributed by atoms with van der Waals surface area (Å²) in [5.74, 6) is -1.91. The molecule has 1 aromatic heterocycles. The average Bonchev–Trinajstić information content (AvgIpc) is 3.11. The summed E-state index contributed by atoms with van der Waals surface area (Å²) in [5.41, 5.74) is 11.5. The minimum atomic E-state index is -1.20. The van der Waals surface area contributed by atoms with Gasteiger partial charge in [-0.15, -0.1) is 12.4 Å². The van der Waals surface area contributed by atoms with Gasteiger partial charge in [0.2, 0.25) is 5.91 Å². The van der Waals surface area contributed by atoms with Gasteiger partial charge < -0.3 is 36.9 Å². The number of guanidine groups is 1. The highest BCUT2D eigenvalue weighted by atomic mass is 35.5. The van der Waals surface area contributed by atoms with Crippen molar-refractivity contribution >= 4 is 47.2 Å². The Morgan fingerprint density at radius 1 is 1.15 bits per heavy atom. The number of fused-ring (bicyclic) bond motifs is 1. The number of nitrogens with zero attached hydrogens (tertiary/aromatic N) is 1. The van der Waals surface area contributed by atoms with Gasteiger partial charge >= 0.3 is 12.1 Å². The molecular weight excluding hydrogens is 464 g/mol. The van der Waals surface area contributed by atoms with E-state index < -0.39 is 35.7 Å². The lowest BCUT2D eigenvalue weighted by Gasteiger charge is -2.24.